The highest BCUT2D eigenvalue weighted by Crippen LogP contribution is 2.24. The molecule has 3 rings (SSSR count). The maximum atomic E-state index is 4.68. The highest BCUT2D eigenvalue weighted by Gasteiger charge is 2.14. The van der Waals surface area contributed by atoms with Crippen molar-refractivity contribution in [1.82, 2.24) is 14.7 Å². The first-order valence-electron chi connectivity index (χ1n) is 6.57. The second kappa shape index (κ2) is 6.08. The van der Waals surface area contributed by atoms with E-state index in [1.807, 2.05) is 7.05 Å². The van der Waals surface area contributed by atoms with E-state index >= 15 is 0 Å². The number of hydrogen-bond donors (Lipinski definition) is 1. The Morgan fingerprint density at radius 2 is 2.35 bits per heavy atom. The summed E-state index contributed by atoms with van der Waals surface area (Å²) in [6.45, 7) is 0.946. The van der Waals surface area contributed by atoms with Crippen LogP contribution in [-0.2, 0) is 6.42 Å². The predicted octanol–water partition coefficient (Wildman–Crippen LogP) is 3.70. The fraction of sp³-hybridized carbons (Fsp3) is 0.267. The first kappa shape index (κ1) is 13.8. The van der Waals surface area contributed by atoms with E-state index in [0.29, 0.717) is 5.92 Å². The third-order valence-electron chi connectivity index (χ3n) is 3.37. The molecule has 0 saturated heterocycles. The molecule has 0 fully saturated rings. The van der Waals surface area contributed by atoms with Crippen LogP contribution in [0.15, 0.2) is 46.5 Å². The number of aromatic nitrogens is 2. The normalized spacial score (nSPS) is 12.9. The molecule has 0 aliphatic rings. The number of rotatable bonds is 5. The molecular weight excluding hydrogens is 334 g/mol. The minimum Gasteiger partial charge on any atom is -0.319 e. The molecule has 0 spiro atoms. The van der Waals surface area contributed by atoms with Crippen LogP contribution in [0.4, 0.5) is 0 Å². The van der Waals surface area contributed by atoms with E-state index in [9.17, 15) is 0 Å². The molecular formula is C15H16BrN3S. The van der Waals surface area contributed by atoms with Gasteiger partial charge in [-0.05, 0) is 31.2 Å². The van der Waals surface area contributed by atoms with Crippen molar-refractivity contribution in [1.29, 1.82) is 0 Å². The van der Waals surface area contributed by atoms with E-state index in [0.717, 1.165) is 28.1 Å². The van der Waals surface area contributed by atoms with Crippen LogP contribution in [0.25, 0.3) is 4.96 Å². The van der Waals surface area contributed by atoms with Gasteiger partial charge in [-0.3, -0.25) is 4.40 Å². The summed E-state index contributed by atoms with van der Waals surface area (Å²) in [5.41, 5.74) is 2.49. The first-order valence-corrected chi connectivity index (χ1v) is 8.24. The van der Waals surface area contributed by atoms with Gasteiger partial charge in [-0.15, -0.1) is 11.3 Å². The lowest BCUT2D eigenvalue weighted by molar-refractivity contribution is 0.619. The number of nitrogens with zero attached hydrogens (tertiary/aromatic N) is 2. The highest BCUT2D eigenvalue weighted by atomic mass is 79.9. The van der Waals surface area contributed by atoms with Gasteiger partial charge >= 0.3 is 0 Å². The van der Waals surface area contributed by atoms with Gasteiger partial charge in [-0.25, -0.2) is 4.98 Å². The molecule has 0 saturated carbocycles. The van der Waals surface area contributed by atoms with Gasteiger partial charge < -0.3 is 5.32 Å². The Morgan fingerprint density at radius 3 is 3.10 bits per heavy atom. The minimum atomic E-state index is 0.433. The average molecular weight is 350 g/mol. The molecule has 1 atom stereocenters. The maximum absolute atomic E-state index is 4.68. The zero-order chi connectivity index (χ0) is 13.9. The smallest absolute Gasteiger partial charge is 0.193 e. The highest BCUT2D eigenvalue weighted by molar-refractivity contribution is 9.10. The van der Waals surface area contributed by atoms with Crippen LogP contribution in [0, 0.1) is 0 Å². The lowest BCUT2D eigenvalue weighted by Crippen LogP contribution is -2.19. The van der Waals surface area contributed by atoms with Crippen molar-refractivity contribution in [2.24, 2.45) is 0 Å². The minimum absolute atomic E-state index is 0.433. The summed E-state index contributed by atoms with van der Waals surface area (Å²) in [7, 11) is 2.00. The van der Waals surface area contributed by atoms with Crippen LogP contribution in [0.5, 0.6) is 0 Å². The van der Waals surface area contributed by atoms with Crippen LogP contribution in [0.1, 0.15) is 17.2 Å². The molecule has 0 radical (unpaired) electrons. The van der Waals surface area contributed by atoms with Crippen LogP contribution in [-0.4, -0.2) is 23.0 Å². The summed E-state index contributed by atoms with van der Waals surface area (Å²) in [4.78, 5) is 5.75. The SMILES string of the molecule is CNCC(Cc1cn2ccsc2n1)c1cccc(Br)c1. The Balaban J connectivity index is 1.85. The molecule has 2 aromatic heterocycles. The van der Waals surface area contributed by atoms with Gasteiger partial charge in [-0.1, -0.05) is 28.1 Å². The number of imidazole rings is 1. The molecule has 0 amide bonds. The van der Waals surface area contributed by atoms with Gasteiger partial charge in [0.15, 0.2) is 4.96 Å². The maximum Gasteiger partial charge on any atom is 0.193 e. The predicted molar refractivity (Wildman–Crippen MR) is 87.6 cm³/mol. The van der Waals surface area contributed by atoms with Crippen molar-refractivity contribution in [3.63, 3.8) is 0 Å². The molecule has 3 aromatic rings. The second-order valence-corrected chi connectivity index (χ2v) is 6.63. The zero-order valence-corrected chi connectivity index (χ0v) is 13.6. The molecule has 3 nitrogen and oxygen atoms in total. The number of nitrogens with one attached hydrogen (secondary N) is 1. The molecule has 2 heterocycles. The third kappa shape index (κ3) is 2.95. The van der Waals surface area contributed by atoms with Crippen LogP contribution < -0.4 is 5.32 Å². The van der Waals surface area contributed by atoms with Crippen molar-refractivity contribution >= 4 is 32.2 Å². The van der Waals surface area contributed by atoms with E-state index in [1.165, 1.54) is 5.56 Å². The fourth-order valence-corrected chi connectivity index (χ4v) is 3.58. The van der Waals surface area contributed by atoms with Gasteiger partial charge in [-0.2, -0.15) is 0 Å². The van der Waals surface area contributed by atoms with Gasteiger partial charge in [0.1, 0.15) is 0 Å². The molecule has 5 heteroatoms. The summed E-state index contributed by atoms with van der Waals surface area (Å²) < 4.78 is 3.22. The Bertz CT molecular complexity index is 675. The van der Waals surface area contributed by atoms with Crippen molar-refractivity contribution in [2.45, 2.75) is 12.3 Å². The van der Waals surface area contributed by atoms with Gasteiger partial charge in [0.25, 0.3) is 0 Å². The van der Waals surface area contributed by atoms with E-state index in [1.54, 1.807) is 11.3 Å². The average Bonchev–Trinajstić information content (AvgIpc) is 2.99. The Kier molecular flexibility index (Phi) is 4.19. The number of hydrogen-bond acceptors (Lipinski definition) is 3. The largest absolute Gasteiger partial charge is 0.319 e. The summed E-state index contributed by atoms with van der Waals surface area (Å²) >= 11 is 5.23. The summed E-state index contributed by atoms with van der Waals surface area (Å²) in [5.74, 6) is 0.433. The van der Waals surface area contributed by atoms with Crippen LogP contribution in [0.3, 0.4) is 0 Å². The van der Waals surface area contributed by atoms with Gasteiger partial charge in [0.05, 0.1) is 5.69 Å². The number of benzene rings is 1. The summed E-state index contributed by atoms with van der Waals surface area (Å²) in [6.07, 6.45) is 5.14. The molecule has 1 unspecified atom stereocenters. The molecule has 1 N–H and O–H groups in total. The van der Waals surface area contributed by atoms with Crippen molar-refractivity contribution in [2.75, 3.05) is 13.6 Å². The molecule has 0 bridgehead atoms. The molecule has 0 aliphatic heterocycles. The Labute approximate surface area is 130 Å². The van der Waals surface area contributed by atoms with E-state index < -0.39 is 0 Å². The van der Waals surface area contributed by atoms with Gasteiger partial charge in [0.2, 0.25) is 0 Å². The molecule has 20 heavy (non-hydrogen) atoms. The molecule has 1 aromatic carbocycles. The van der Waals surface area contributed by atoms with E-state index in [2.05, 4.69) is 72.7 Å². The summed E-state index contributed by atoms with van der Waals surface area (Å²) in [6, 6.07) is 8.53. The molecule has 0 aliphatic carbocycles. The number of thiazole rings is 1. The number of fused-ring (bicyclic) bond motifs is 1. The van der Waals surface area contributed by atoms with Crippen LogP contribution in [0.2, 0.25) is 0 Å². The Morgan fingerprint density at radius 1 is 1.45 bits per heavy atom. The first-order chi connectivity index (χ1) is 9.76. The topological polar surface area (TPSA) is 29.3 Å². The Hall–Kier alpha value is -1.17. The van der Waals surface area contributed by atoms with E-state index in [-0.39, 0.29) is 0 Å². The lowest BCUT2D eigenvalue weighted by Gasteiger charge is -2.16. The zero-order valence-electron chi connectivity index (χ0n) is 11.2. The quantitative estimate of drug-likeness (QED) is 0.760. The fourth-order valence-electron chi connectivity index (χ4n) is 2.44. The third-order valence-corrected chi connectivity index (χ3v) is 4.63. The number of halogens is 1. The van der Waals surface area contributed by atoms with Crippen molar-refractivity contribution in [3.8, 4) is 0 Å². The van der Waals surface area contributed by atoms with Crippen LogP contribution >= 0.6 is 27.3 Å². The monoisotopic (exact) mass is 349 g/mol. The van der Waals surface area contributed by atoms with E-state index in [4.69, 9.17) is 0 Å². The van der Waals surface area contributed by atoms with Gasteiger partial charge in [0, 0.05) is 34.7 Å². The standard InChI is InChI=1S/C15H16BrN3S/c1-17-9-12(11-3-2-4-13(16)7-11)8-14-10-19-5-6-20-15(19)18-14/h2-7,10,12,17H,8-9H2,1H3. The summed E-state index contributed by atoms with van der Waals surface area (Å²) in [5, 5.41) is 5.35. The van der Waals surface area contributed by atoms with Crippen molar-refractivity contribution < 1.29 is 0 Å². The van der Waals surface area contributed by atoms with Crippen molar-refractivity contribution in [3.05, 3.63) is 57.8 Å². The number of likely N-dealkylation sites (N-methyl/N-ethyl adjacent to an activating group) is 1. The lowest BCUT2D eigenvalue weighted by atomic mass is 9.94. The molecule has 104 valence electrons. The second-order valence-electron chi connectivity index (χ2n) is 4.84.